The van der Waals surface area contributed by atoms with E-state index >= 15 is 0 Å². The van der Waals surface area contributed by atoms with Crippen molar-refractivity contribution in [2.75, 3.05) is 20.8 Å². The maximum absolute atomic E-state index is 11.8. The van der Waals surface area contributed by atoms with Crippen molar-refractivity contribution in [3.8, 4) is 11.5 Å². The highest BCUT2D eigenvalue weighted by Crippen LogP contribution is 2.43. The summed E-state index contributed by atoms with van der Waals surface area (Å²) in [6, 6.07) is 9.91. The number of nitrogens with zero attached hydrogens (tertiary/aromatic N) is 1. The van der Waals surface area contributed by atoms with Crippen LogP contribution in [0.4, 0.5) is 0 Å². The predicted molar refractivity (Wildman–Crippen MR) is 105 cm³/mol. The molecule has 3 rings (SSSR count). The molecular formula is C20H21Cl2NO4. The molecule has 2 unspecified atom stereocenters. The largest absolute Gasteiger partial charge is 0.497 e. The molecule has 0 amide bonds. The first kappa shape index (κ1) is 19.8. The predicted octanol–water partition coefficient (Wildman–Crippen LogP) is 4.65. The van der Waals surface area contributed by atoms with Gasteiger partial charge in [-0.1, -0.05) is 35.3 Å². The average molecular weight is 410 g/mol. The summed E-state index contributed by atoms with van der Waals surface area (Å²) < 4.78 is 10.9. The van der Waals surface area contributed by atoms with E-state index in [1.54, 1.807) is 26.4 Å². The van der Waals surface area contributed by atoms with Crippen molar-refractivity contribution in [1.82, 2.24) is 4.90 Å². The van der Waals surface area contributed by atoms with Crippen LogP contribution in [0.5, 0.6) is 11.5 Å². The Hall–Kier alpha value is -1.95. The molecule has 1 fully saturated rings. The molecule has 5 nitrogen and oxygen atoms in total. The lowest BCUT2D eigenvalue weighted by atomic mass is 9.95. The molecule has 0 bridgehead atoms. The second kappa shape index (κ2) is 8.38. The van der Waals surface area contributed by atoms with E-state index in [4.69, 9.17) is 32.7 Å². The molecular weight excluding hydrogens is 389 g/mol. The molecule has 1 saturated heterocycles. The molecule has 7 heteroatoms. The highest BCUT2D eigenvalue weighted by atomic mass is 35.5. The van der Waals surface area contributed by atoms with Gasteiger partial charge in [-0.3, -0.25) is 9.69 Å². The summed E-state index contributed by atoms with van der Waals surface area (Å²) in [6.07, 6.45) is 1.38. The summed E-state index contributed by atoms with van der Waals surface area (Å²) in [4.78, 5) is 13.8. The van der Waals surface area contributed by atoms with E-state index in [1.165, 1.54) is 0 Å². The van der Waals surface area contributed by atoms with Gasteiger partial charge in [0.15, 0.2) is 0 Å². The van der Waals surface area contributed by atoms with Gasteiger partial charge < -0.3 is 14.6 Å². The van der Waals surface area contributed by atoms with E-state index in [-0.39, 0.29) is 0 Å². The summed E-state index contributed by atoms with van der Waals surface area (Å²) in [5.41, 5.74) is 1.57. The quantitative estimate of drug-likeness (QED) is 0.752. The lowest BCUT2D eigenvalue weighted by Crippen LogP contribution is -2.39. The third-order valence-corrected chi connectivity index (χ3v) is 5.76. The molecule has 1 N–H and O–H groups in total. The summed E-state index contributed by atoms with van der Waals surface area (Å²) >= 11 is 12.8. The Balaban J connectivity index is 2.19. The van der Waals surface area contributed by atoms with Crippen LogP contribution >= 0.6 is 23.2 Å². The Morgan fingerprint density at radius 1 is 1.19 bits per heavy atom. The standard InChI is InChI=1S/C20H21Cl2NO4/c1-26-12-8-9-13(17(11-12)27-2)19(14-5-3-6-15(21)18(14)22)23-10-4-7-16(23)20(24)25/h3,5-6,8-9,11,16,19H,4,7,10H2,1-2H3,(H,24,25). The number of rotatable bonds is 6. The number of hydrogen-bond donors (Lipinski definition) is 1. The average Bonchev–Trinajstić information content (AvgIpc) is 3.15. The Morgan fingerprint density at radius 3 is 2.63 bits per heavy atom. The summed E-state index contributed by atoms with van der Waals surface area (Å²) in [5.74, 6) is 0.414. The molecule has 1 aliphatic rings. The van der Waals surface area contributed by atoms with Crippen LogP contribution in [0.1, 0.15) is 30.0 Å². The van der Waals surface area contributed by atoms with Crippen LogP contribution in [0.3, 0.4) is 0 Å². The van der Waals surface area contributed by atoms with Crippen LogP contribution in [0.25, 0.3) is 0 Å². The van der Waals surface area contributed by atoms with Crippen molar-refractivity contribution >= 4 is 29.2 Å². The van der Waals surface area contributed by atoms with Gasteiger partial charge in [-0.05, 0) is 36.6 Å². The van der Waals surface area contributed by atoms with Crippen LogP contribution < -0.4 is 9.47 Å². The number of hydrogen-bond acceptors (Lipinski definition) is 4. The van der Waals surface area contributed by atoms with E-state index in [9.17, 15) is 9.90 Å². The Bertz CT molecular complexity index is 843. The number of carboxylic acids is 1. The highest BCUT2D eigenvalue weighted by molar-refractivity contribution is 6.42. The van der Waals surface area contributed by atoms with Gasteiger partial charge in [0, 0.05) is 18.2 Å². The van der Waals surface area contributed by atoms with E-state index in [1.807, 2.05) is 29.2 Å². The van der Waals surface area contributed by atoms with Crippen LogP contribution in [-0.2, 0) is 4.79 Å². The number of carboxylic acid groups (broad SMARTS) is 1. The van der Waals surface area contributed by atoms with Crippen LogP contribution in [-0.4, -0.2) is 42.8 Å². The topological polar surface area (TPSA) is 59.0 Å². The fraction of sp³-hybridized carbons (Fsp3) is 0.350. The van der Waals surface area contributed by atoms with Crippen molar-refractivity contribution in [3.05, 3.63) is 57.6 Å². The molecule has 1 aliphatic heterocycles. The van der Waals surface area contributed by atoms with Gasteiger partial charge in [0.05, 0.1) is 30.3 Å². The minimum absolute atomic E-state index is 0.402. The molecule has 2 atom stereocenters. The number of ether oxygens (including phenoxy) is 2. The van der Waals surface area contributed by atoms with E-state index in [0.29, 0.717) is 34.5 Å². The molecule has 0 saturated carbocycles. The lowest BCUT2D eigenvalue weighted by molar-refractivity contribution is -0.142. The number of carbonyl (C=O) groups is 1. The van der Waals surface area contributed by atoms with E-state index in [0.717, 1.165) is 17.5 Å². The molecule has 2 aromatic rings. The highest BCUT2D eigenvalue weighted by Gasteiger charge is 2.38. The van der Waals surface area contributed by atoms with Crippen molar-refractivity contribution in [1.29, 1.82) is 0 Å². The molecule has 2 aromatic carbocycles. The summed E-state index contributed by atoms with van der Waals surface area (Å²) in [7, 11) is 3.16. The molecule has 144 valence electrons. The van der Waals surface area contributed by atoms with Crippen molar-refractivity contribution in [3.63, 3.8) is 0 Å². The molecule has 0 spiro atoms. The first-order valence-corrected chi connectivity index (χ1v) is 9.38. The van der Waals surface area contributed by atoms with Crippen molar-refractivity contribution in [2.24, 2.45) is 0 Å². The number of aliphatic carboxylic acids is 1. The van der Waals surface area contributed by atoms with Gasteiger partial charge in [-0.2, -0.15) is 0 Å². The molecule has 27 heavy (non-hydrogen) atoms. The number of halogens is 2. The molecule has 1 heterocycles. The van der Waals surface area contributed by atoms with Gasteiger partial charge in [0.2, 0.25) is 0 Å². The Morgan fingerprint density at radius 2 is 1.96 bits per heavy atom. The first-order valence-electron chi connectivity index (χ1n) is 8.62. The second-order valence-electron chi connectivity index (χ2n) is 6.39. The number of likely N-dealkylation sites (tertiary alicyclic amines) is 1. The van der Waals surface area contributed by atoms with Gasteiger partial charge in [-0.15, -0.1) is 0 Å². The summed E-state index contributed by atoms with van der Waals surface area (Å²) in [6.45, 7) is 0.639. The zero-order valence-electron chi connectivity index (χ0n) is 15.1. The number of benzene rings is 2. The monoisotopic (exact) mass is 409 g/mol. The normalized spacial score (nSPS) is 18.3. The zero-order valence-corrected chi connectivity index (χ0v) is 16.6. The zero-order chi connectivity index (χ0) is 19.6. The molecule has 0 radical (unpaired) electrons. The van der Waals surface area contributed by atoms with Crippen LogP contribution in [0, 0.1) is 0 Å². The second-order valence-corrected chi connectivity index (χ2v) is 7.17. The van der Waals surface area contributed by atoms with Crippen LogP contribution in [0.15, 0.2) is 36.4 Å². The van der Waals surface area contributed by atoms with Gasteiger partial charge in [-0.25, -0.2) is 0 Å². The fourth-order valence-corrected chi connectivity index (χ4v) is 4.08. The first-order chi connectivity index (χ1) is 13.0. The van der Waals surface area contributed by atoms with Gasteiger partial charge in [0.1, 0.15) is 17.5 Å². The van der Waals surface area contributed by atoms with E-state index < -0.39 is 18.1 Å². The van der Waals surface area contributed by atoms with E-state index in [2.05, 4.69) is 0 Å². The maximum atomic E-state index is 11.8. The fourth-order valence-electron chi connectivity index (χ4n) is 3.66. The SMILES string of the molecule is COc1ccc(C(c2cccc(Cl)c2Cl)N2CCCC2C(=O)O)c(OC)c1. The van der Waals surface area contributed by atoms with Crippen molar-refractivity contribution in [2.45, 2.75) is 24.9 Å². The van der Waals surface area contributed by atoms with Gasteiger partial charge in [0.25, 0.3) is 0 Å². The third kappa shape index (κ3) is 3.86. The lowest BCUT2D eigenvalue weighted by Gasteiger charge is -2.33. The number of methoxy groups -OCH3 is 2. The smallest absolute Gasteiger partial charge is 0.320 e. The minimum atomic E-state index is -0.844. The van der Waals surface area contributed by atoms with Crippen molar-refractivity contribution < 1.29 is 19.4 Å². The third-order valence-electron chi connectivity index (χ3n) is 4.92. The Kier molecular flexibility index (Phi) is 6.15. The minimum Gasteiger partial charge on any atom is -0.497 e. The van der Waals surface area contributed by atoms with Crippen LogP contribution in [0.2, 0.25) is 10.0 Å². The van der Waals surface area contributed by atoms with Gasteiger partial charge >= 0.3 is 5.97 Å². The molecule has 0 aromatic heterocycles. The Labute approximate surface area is 168 Å². The maximum Gasteiger partial charge on any atom is 0.320 e. The summed E-state index contributed by atoms with van der Waals surface area (Å²) in [5, 5.41) is 10.6. The molecule has 0 aliphatic carbocycles.